The maximum atomic E-state index is 12.9. The lowest BCUT2D eigenvalue weighted by Gasteiger charge is -2.48. The van der Waals surface area contributed by atoms with Crippen LogP contribution >= 0.6 is 11.3 Å². The molecule has 16 heteroatoms. The summed E-state index contributed by atoms with van der Waals surface area (Å²) in [5, 5.41) is 15.5. The fraction of sp³-hybridized carbons (Fsp3) is 0.500. The van der Waals surface area contributed by atoms with Crippen molar-refractivity contribution in [1.29, 1.82) is 0 Å². The van der Waals surface area contributed by atoms with Crippen molar-refractivity contribution < 1.29 is 38.4 Å². The number of thiazole rings is 1. The number of carbonyl (C=O) groups is 5. The molecule has 1 aromatic rings. The summed E-state index contributed by atoms with van der Waals surface area (Å²) >= 11 is -0.613. The Morgan fingerprint density at radius 1 is 1.33 bits per heavy atom. The van der Waals surface area contributed by atoms with E-state index in [1.54, 1.807) is 5.38 Å². The van der Waals surface area contributed by atoms with Gasteiger partial charge in [-0.25, -0.2) is 14.6 Å². The molecule has 2 fully saturated rings. The van der Waals surface area contributed by atoms with Gasteiger partial charge in [0.05, 0.1) is 12.1 Å². The largest absolute Gasteiger partial charge is 0.614 e. The first-order valence-electron chi connectivity index (χ1n) is 10.9. The molecule has 194 valence electrons. The standard InChI is InChI=1S/C20H24N6O8S2/c1-24-2-4-25(5-3-24)20(32)34-7-11-9-36(33)17-14(16(29)26(17)15(11)18(30)31)23-13(28)6-12-8-35-19(22-12)21-10-27/h8,10,14,17H,2-7,9H2,1H3,(H,23,28)(H,30,31)(H,21,22,27)/t14?,17-,36?/m0/s1. The van der Waals surface area contributed by atoms with Crippen LogP contribution in [0.1, 0.15) is 5.69 Å². The van der Waals surface area contributed by atoms with Crippen LogP contribution in [0.4, 0.5) is 9.93 Å². The van der Waals surface area contributed by atoms with Crippen LogP contribution in [0.25, 0.3) is 0 Å². The smallest absolute Gasteiger partial charge is 0.410 e. The summed E-state index contributed by atoms with van der Waals surface area (Å²) in [7, 11) is 1.93. The minimum absolute atomic E-state index is 0.0652. The molecule has 4 amide bonds. The maximum Gasteiger partial charge on any atom is 0.410 e. The topological polar surface area (TPSA) is 185 Å². The number of carboxylic acids is 1. The molecule has 4 rings (SSSR count). The Morgan fingerprint density at radius 2 is 2.06 bits per heavy atom. The van der Waals surface area contributed by atoms with Gasteiger partial charge in [-0.1, -0.05) is 0 Å². The minimum Gasteiger partial charge on any atom is -0.614 e. The zero-order chi connectivity index (χ0) is 26.0. The predicted molar refractivity (Wildman–Crippen MR) is 126 cm³/mol. The number of rotatable bonds is 8. The molecular formula is C20H24N6O8S2. The molecule has 0 bridgehead atoms. The van der Waals surface area contributed by atoms with E-state index in [2.05, 4.69) is 20.5 Å². The molecule has 3 aliphatic rings. The molecule has 1 aromatic heterocycles. The fourth-order valence-electron chi connectivity index (χ4n) is 4.09. The number of hydrogen-bond donors (Lipinski definition) is 3. The highest BCUT2D eigenvalue weighted by molar-refractivity contribution is 7.92. The molecule has 14 nitrogen and oxygen atoms in total. The van der Waals surface area contributed by atoms with Gasteiger partial charge >= 0.3 is 12.1 Å². The molecule has 0 aromatic carbocycles. The molecule has 0 saturated carbocycles. The zero-order valence-electron chi connectivity index (χ0n) is 19.2. The Balaban J connectivity index is 1.40. The summed E-state index contributed by atoms with van der Waals surface area (Å²) in [5.74, 6) is -2.92. The van der Waals surface area contributed by atoms with Gasteiger partial charge in [0.25, 0.3) is 5.91 Å². The number of amides is 4. The lowest BCUT2D eigenvalue weighted by atomic mass is 10.0. The van der Waals surface area contributed by atoms with Gasteiger partial charge in [-0.15, -0.1) is 11.3 Å². The third-order valence-corrected chi connectivity index (χ3v) is 8.41. The molecule has 4 heterocycles. The van der Waals surface area contributed by atoms with E-state index < -0.39 is 53.1 Å². The van der Waals surface area contributed by atoms with Crippen molar-refractivity contribution in [2.75, 3.05) is 50.9 Å². The van der Waals surface area contributed by atoms with E-state index in [0.717, 1.165) is 16.2 Å². The van der Waals surface area contributed by atoms with Crippen LogP contribution in [-0.2, 0) is 41.5 Å². The lowest BCUT2D eigenvalue weighted by molar-refractivity contribution is -0.151. The number of β-lactam (4-membered cyclic amide) rings is 1. The number of aromatic nitrogens is 1. The zero-order valence-corrected chi connectivity index (χ0v) is 20.8. The number of likely N-dealkylation sites (N-methyl/N-ethyl adjacent to an activating group) is 1. The number of anilines is 1. The van der Waals surface area contributed by atoms with E-state index in [4.69, 9.17) is 4.74 Å². The van der Waals surface area contributed by atoms with Gasteiger partial charge in [0.15, 0.2) is 11.2 Å². The number of ether oxygens (including phenoxy) is 1. The van der Waals surface area contributed by atoms with Gasteiger partial charge < -0.3 is 34.8 Å². The van der Waals surface area contributed by atoms with Crippen molar-refractivity contribution in [3.8, 4) is 0 Å². The quantitative estimate of drug-likeness (QED) is 0.197. The molecule has 0 aliphatic carbocycles. The number of hydrogen-bond acceptors (Lipinski definition) is 10. The molecular weight excluding hydrogens is 516 g/mol. The van der Waals surface area contributed by atoms with Crippen LogP contribution in [0.5, 0.6) is 0 Å². The molecule has 3 aliphatic heterocycles. The summed E-state index contributed by atoms with van der Waals surface area (Å²) in [6.07, 6.45) is -0.338. The highest BCUT2D eigenvalue weighted by atomic mass is 32.2. The second-order valence-electron chi connectivity index (χ2n) is 8.35. The Morgan fingerprint density at radius 3 is 2.72 bits per heavy atom. The van der Waals surface area contributed by atoms with E-state index in [1.165, 1.54) is 4.90 Å². The molecule has 2 saturated heterocycles. The van der Waals surface area contributed by atoms with E-state index in [9.17, 15) is 33.6 Å². The van der Waals surface area contributed by atoms with Gasteiger partial charge in [0.1, 0.15) is 18.1 Å². The van der Waals surface area contributed by atoms with Gasteiger partial charge in [0, 0.05) is 37.1 Å². The van der Waals surface area contributed by atoms with Crippen LogP contribution in [0.3, 0.4) is 0 Å². The normalized spacial score (nSPS) is 24.1. The average Bonchev–Trinajstić information content (AvgIpc) is 3.27. The second-order valence-corrected chi connectivity index (χ2v) is 10.7. The number of nitrogens with one attached hydrogen (secondary N) is 2. The van der Waals surface area contributed by atoms with Crippen LogP contribution in [0, 0.1) is 0 Å². The summed E-state index contributed by atoms with van der Waals surface area (Å²) in [6, 6.07) is -1.16. The van der Waals surface area contributed by atoms with E-state index >= 15 is 0 Å². The van der Waals surface area contributed by atoms with Gasteiger partial charge in [0.2, 0.25) is 17.7 Å². The summed E-state index contributed by atoms with van der Waals surface area (Å²) in [6.45, 7) is 1.88. The number of aliphatic carboxylic acids is 1. The van der Waals surface area contributed by atoms with Crippen molar-refractivity contribution >= 4 is 57.9 Å². The fourth-order valence-corrected chi connectivity index (χ4v) is 6.42. The molecule has 0 radical (unpaired) electrons. The minimum atomic E-state index is -1.74. The Labute approximate surface area is 212 Å². The van der Waals surface area contributed by atoms with Crippen LogP contribution in [0.15, 0.2) is 16.7 Å². The molecule has 3 N–H and O–H groups in total. The number of carbonyl (C=O) groups excluding carboxylic acids is 4. The Bertz CT molecular complexity index is 1100. The summed E-state index contributed by atoms with van der Waals surface area (Å²) in [5.41, 5.74) is 0.0477. The monoisotopic (exact) mass is 540 g/mol. The second kappa shape index (κ2) is 10.8. The van der Waals surface area contributed by atoms with E-state index in [-0.39, 0.29) is 23.4 Å². The first-order valence-corrected chi connectivity index (χ1v) is 13.2. The van der Waals surface area contributed by atoms with Gasteiger partial charge in [-0.2, -0.15) is 0 Å². The van der Waals surface area contributed by atoms with Crippen molar-refractivity contribution in [2.45, 2.75) is 17.8 Å². The number of piperazine rings is 1. The highest BCUT2D eigenvalue weighted by Gasteiger charge is 2.61. The number of nitrogens with zero attached hydrogens (tertiary/aromatic N) is 4. The van der Waals surface area contributed by atoms with Crippen LogP contribution < -0.4 is 10.6 Å². The van der Waals surface area contributed by atoms with Crippen molar-refractivity contribution in [2.24, 2.45) is 0 Å². The first kappa shape index (κ1) is 25.9. The predicted octanol–water partition coefficient (Wildman–Crippen LogP) is -1.61. The van der Waals surface area contributed by atoms with E-state index in [0.29, 0.717) is 43.4 Å². The molecule has 0 spiro atoms. The van der Waals surface area contributed by atoms with Crippen molar-refractivity contribution in [3.05, 3.63) is 22.3 Å². The summed E-state index contributed by atoms with van der Waals surface area (Å²) < 4.78 is 18.2. The third-order valence-electron chi connectivity index (χ3n) is 5.93. The van der Waals surface area contributed by atoms with Crippen LogP contribution in [0.2, 0.25) is 0 Å². The number of carboxylic acid groups (broad SMARTS) is 1. The third kappa shape index (κ3) is 5.30. The first-order chi connectivity index (χ1) is 17.2. The summed E-state index contributed by atoms with van der Waals surface area (Å²) in [4.78, 5) is 68.6. The molecule has 3 atom stereocenters. The lowest BCUT2D eigenvalue weighted by Crippen LogP contribution is -2.75. The molecule has 36 heavy (non-hydrogen) atoms. The highest BCUT2D eigenvalue weighted by Crippen LogP contribution is 2.37. The van der Waals surface area contributed by atoms with Crippen molar-refractivity contribution in [3.63, 3.8) is 0 Å². The Hall–Kier alpha value is -3.21. The van der Waals surface area contributed by atoms with Gasteiger partial charge in [-0.05, 0) is 18.2 Å². The van der Waals surface area contributed by atoms with Crippen LogP contribution in [-0.4, -0.2) is 117 Å². The molecule has 2 unspecified atom stereocenters. The average molecular weight is 541 g/mol. The Kier molecular flexibility index (Phi) is 7.77. The van der Waals surface area contributed by atoms with Gasteiger partial charge in [-0.3, -0.25) is 19.3 Å². The SMILES string of the molecule is CN1CCN(C(=O)OCC2=C(C(=O)O)N3C(=O)C(NC(=O)Cc4csc(NC=O)n4)[C@@H]3[S+]([O-])C2)CC1. The van der Waals surface area contributed by atoms with Crippen molar-refractivity contribution in [1.82, 2.24) is 25.0 Å². The number of fused-ring (bicyclic) bond motifs is 1. The maximum absolute atomic E-state index is 12.9. The van der Waals surface area contributed by atoms with E-state index in [1.807, 2.05) is 7.05 Å².